The van der Waals surface area contributed by atoms with Crippen LogP contribution in [0.1, 0.15) is 32.6 Å². The molecule has 3 heteroatoms. The third-order valence-corrected chi connectivity index (χ3v) is 3.50. The molecule has 1 saturated heterocycles. The van der Waals surface area contributed by atoms with Crippen LogP contribution in [0, 0.1) is 0 Å². The highest BCUT2D eigenvalue weighted by Crippen LogP contribution is 2.26. The van der Waals surface area contributed by atoms with Crippen LogP contribution in [0.25, 0.3) is 0 Å². The molecule has 0 amide bonds. The molecule has 3 unspecified atom stereocenters. The van der Waals surface area contributed by atoms with Crippen molar-refractivity contribution < 1.29 is 9.84 Å². The first-order valence-corrected chi connectivity index (χ1v) is 5.80. The Bertz CT molecular complexity index is 186. The fourth-order valence-corrected chi connectivity index (χ4v) is 2.72. The molecule has 2 fully saturated rings. The molecule has 3 nitrogen and oxygen atoms in total. The smallest absolute Gasteiger partial charge is 0.0695 e. The molecular formula is C11H21NO2. The van der Waals surface area contributed by atoms with E-state index in [9.17, 15) is 5.11 Å². The molecule has 82 valence electrons. The highest BCUT2D eigenvalue weighted by atomic mass is 16.5. The fourth-order valence-electron chi connectivity index (χ4n) is 2.72. The molecule has 0 bridgehead atoms. The van der Waals surface area contributed by atoms with E-state index >= 15 is 0 Å². The number of nitrogens with zero attached hydrogens (tertiary/aromatic N) is 1. The zero-order valence-corrected chi connectivity index (χ0v) is 8.98. The quantitative estimate of drug-likeness (QED) is 0.684. The summed E-state index contributed by atoms with van der Waals surface area (Å²) in [5.41, 5.74) is 0. The van der Waals surface area contributed by atoms with E-state index in [1.165, 1.54) is 6.42 Å². The van der Waals surface area contributed by atoms with Crippen molar-refractivity contribution in [1.82, 2.24) is 4.90 Å². The van der Waals surface area contributed by atoms with Gasteiger partial charge in [-0.25, -0.2) is 0 Å². The summed E-state index contributed by atoms with van der Waals surface area (Å²) in [6.45, 7) is 4.99. The molecule has 0 spiro atoms. The van der Waals surface area contributed by atoms with Crippen molar-refractivity contribution >= 4 is 0 Å². The van der Waals surface area contributed by atoms with E-state index in [0.29, 0.717) is 12.1 Å². The number of hydrogen-bond acceptors (Lipinski definition) is 3. The van der Waals surface area contributed by atoms with E-state index in [0.717, 1.165) is 39.0 Å². The Labute approximate surface area is 86.0 Å². The number of aliphatic hydroxyl groups is 1. The second-order valence-corrected chi connectivity index (χ2v) is 4.58. The number of ether oxygens (including phenoxy) is 1. The van der Waals surface area contributed by atoms with Gasteiger partial charge in [0.1, 0.15) is 0 Å². The Morgan fingerprint density at radius 2 is 2.14 bits per heavy atom. The normalized spacial score (nSPS) is 41.1. The summed E-state index contributed by atoms with van der Waals surface area (Å²) in [4.78, 5) is 2.45. The Morgan fingerprint density at radius 3 is 2.86 bits per heavy atom. The third kappa shape index (κ3) is 2.10. The molecule has 3 atom stereocenters. The monoisotopic (exact) mass is 199 g/mol. The Hall–Kier alpha value is -0.120. The van der Waals surface area contributed by atoms with Gasteiger partial charge in [-0.3, -0.25) is 4.90 Å². The average Bonchev–Trinajstić information content (AvgIpc) is 2.46. The van der Waals surface area contributed by atoms with E-state index < -0.39 is 0 Å². The van der Waals surface area contributed by atoms with Crippen molar-refractivity contribution in [1.29, 1.82) is 0 Å². The molecule has 1 aliphatic heterocycles. The van der Waals surface area contributed by atoms with Gasteiger partial charge in [-0.2, -0.15) is 0 Å². The van der Waals surface area contributed by atoms with Crippen LogP contribution in [0.4, 0.5) is 0 Å². The van der Waals surface area contributed by atoms with Gasteiger partial charge in [0.25, 0.3) is 0 Å². The lowest BCUT2D eigenvalue weighted by atomic mass is 10.1. The number of hydrogen-bond donors (Lipinski definition) is 1. The molecule has 0 aromatic heterocycles. The van der Waals surface area contributed by atoms with Gasteiger partial charge >= 0.3 is 0 Å². The highest BCUT2D eigenvalue weighted by molar-refractivity contribution is 4.88. The largest absolute Gasteiger partial charge is 0.391 e. The summed E-state index contributed by atoms with van der Waals surface area (Å²) in [6, 6.07) is 0.863. The first kappa shape index (κ1) is 10.4. The van der Waals surface area contributed by atoms with Gasteiger partial charge in [0.2, 0.25) is 0 Å². The molecule has 1 heterocycles. The predicted octanol–water partition coefficient (Wildman–Crippen LogP) is 1.01. The molecule has 2 rings (SSSR count). The van der Waals surface area contributed by atoms with E-state index in [4.69, 9.17) is 4.74 Å². The standard InChI is InChI=1S/C11H21NO2/c1-9-8-14-7-3-6-12(9)10-4-2-5-11(10)13/h9-11,13H,2-8H2,1H3. The lowest BCUT2D eigenvalue weighted by molar-refractivity contribution is 0.0358. The van der Waals surface area contributed by atoms with Crippen LogP contribution in [0.15, 0.2) is 0 Å². The Morgan fingerprint density at radius 1 is 1.29 bits per heavy atom. The lowest BCUT2D eigenvalue weighted by Crippen LogP contribution is -2.46. The summed E-state index contributed by atoms with van der Waals surface area (Å²) in [7, 11) is 0. The summed E-state index contributed by atoms with van der Waals surface area (Å²) in [5, 5.41) is 9.87. The van der Waals surface area contributed by atoms with Gasteiger partial charge in [-0.05, 0) is 32.6 Å². The van der Waals surface area contributed by atoms with Crippen LogP contribution in [0.3, 0.4) is 0 Å². The van der Waals surface area contributed by atoms with Crippen molar-refractivity contribution in [3.63, 3.8) is 0 Å². The molecular weight excluding hydrogens is 178 g/mol. The third-order valence-electron chi connectivity index (χ3n) is 3.50. The Kier molecular flexibility index (Phi) is 3.42. The van der Waals surface area contributed by atoms with Gasteiger partial charge in [0, 0.05) is 25.2 Å². The average molecular weight is 199 g/mol. The molecule has 2 aliphatic rings. The molecule has 14 heavy (non-hydrogen) atoms. The predicted molar refractivity (Wildman–Crippen MR) is 55.2 cm³/mol. The summed E-state index contributed by atoms with van der Waals surface area (Å²) >= 11 is 0. The van der Waals surface area contributed by atoms with Crippen LogP contribution >= 0.6 is 0 Å². The molecule has 1 aliphatic carbocycles. The van der Waals surface area contributed by atoms with E-state index in [1.807, 2.05) is 0 Å². The summed E-state index contributed by atoms with van der Waals surface area (Å²) in [5.74, 6) is 0. The molecule has 0 aromatic rings. The van der Waals surface area contributed by atoms with Gasteiger partial charge in [0.15, 0.2) is 0 Å². The van der Waals surface area contributed by atoms with Crippen molar-refractivity contribution in [2.45, 2.75) is 50.8 Å². The van der Waals surface area contributed by atoms with Crippen LogP contribution in [0.2, 0.25) is 0 Å². The van der Waals surface area contributed by atoms with Gasteiger partial charge in [0.05, 0.1) is 12.7 Å². The molecule has 0 radical (unpaired) electrons. The maximum Gasteiger partial charge on any atom is 0.0695 e. The van der Waals surface area contributed by atoms with Gasteiger partial charge in [-0.15, -0.1) is 0 Å². The van der Waals surface area contributed by atoms with Crippen molar-refractivity contribution in [2.24, 2.45) is 0 Å². The minimum Gasteiger partial charge on any atom is -0.391 e. The van der Waals surface area contributed by atoms with E-state index in [2.05, 4.69) is 11.8 Å². The van der Waals surface area contributed by atoms with Crippen molar-refractivity contribution in [3.05, 3.63) is 0 Å². The van der Waals surface area contributed by atoms with E-state index in [1.54, 1.807) is 0 Å². The molecule has 1 N–H and O–H groups in total. The van der Waals surface area contributed by atoms with Crippen LogP contribution < -0.4 is 0 Å². The maximum absolute atomic E-state index is 9.87. The van der Waals surface area contributed by atoms with Crippen molar-refractivity contribution in [2.75, 3.05) is 19.8 Å². The first-order chi connectivity index (χ1) is 6.79. The lowest BCUT2D eigenvalue weighted by Gasteiger charge is -2.34. The summed E-state index contributed by atoms with van der Waals surface area (Å²) < 4.78 is 5.51. The zero-order valence-electron chi connectivity index (χ0n) is 8.98. The molecule has 0 aromatic carbocycles. The topological polar surface area (TPSA) is 32.7 Å². The summed E-state index contributed by atoms with van der Waals surface area (Å²) in [6.07, 6.45) is 4.32. The second-order valence-electron chi connectivity index (χ2n) is 4.58. The SMILES string of the molecule is CC1COCCCN1C1CCCC1O. The fraction of sp³-hybridized carbons (Fsp3) is 1.00. The number of rotatable bonds is 1. The second kappa shape index (κ2) is 4.60. The zero-order chi connectivity index (χ0) is 9.97. The minimum atomic E-state index is -0.101. The van der Waals surface area contributed by atoms with E-state index in [-0.39, 0.29) is 6.10 Å². The highest BCUT2D eigenvalue weighted by Gasteiger charge is 2.33. The van der Waals surface area contributed by atoms with Crippen LogP contribution in [-0.2, 0) is 4.74 Å². The Balaban J connectivity index is 1.99. The minimum absolute atomic E-state index is 0.101. The van der Waals surface area contributed by atoms with Crippen LogP contribution in [-0.4, -0.2) is 48.0 Å². The number of aliphatic hydroxyl groups excluding tert-OH is 1. The maximum atomic E-state index is 9.87. The van der Waals surface area contributed by atoms with Crippen molar-refractivity contribution in [3.8, 4) is 0 Å². The first-order valence-electron chi connectivity index (χ1n) is 5.80. The van der Waals surface area contributed by atoms with Gasteiger partial charge < -0.3 is 9.84 Å². The van der Waals surface area contributed by atoms with Gasteiger partial charge in [-0.1, -0.05) is 0 Å². The molecule has 1 saturated carbocycles. The van der Waals surface area contributed by atoms with Crippen LogP contribution in [0.5, 0.6) is 0 Å².